The van der Waals surface area contributed by atoms with Gasteiger partial charge in [-0.15, -0.1) is 0 Å². The second-order valence-corrected chi connectivity index (χ2v) is 14.5. The van der Waals surface area contributed by atoms with E-state index < -0.39 is 5.41 Å². The number of fused-ring (bicyclic) bond motifs is 17. The maximum Gasteiger partial charge on any atom is 0.359 e. The SMILES string of the molecule is Cn1c2[n+](c3ccccc31)[N+]13c4c-2cccc4C2(c4ccccc4-c4ccccc42)c2ccc4c5cccnc5n5c6ccccc6[n+]1c5c4c23. The van der Waals surface area contributed by atoms with Gasteiger partial charge in [0.2, 0.25) is 28.1 Å². The van der Waals surface area contributed by atoms with Gasteiger partial charge >= 0.3 is 11.5 Å². The van der Waals surface area contributed by atoms with Crippen molar-refractivity contribution in [3.05, 3.63) is 168 Å². The summed E-state index contributed by atoms with van der Waals surface area (Å²) in [6.45, 7) is 0. The van der Waals surface area contributed by atoms with Gasteiger partial charge in [-0.3, -0.25) is 0 Å². The number of rotatable bonds is 0. The van der Waals surface area contributed by atoms with E-state index in [0.29, 0.717) is 4.70 Å². The maximum absolute atomic E-state index is 5.10. The fourth-order valence-corrected chi connectivity index (χ4v) is 11.1. The van der Waals surface area contributed by atoms with Gasteiger partial charge in [-0.1, -0.05) is 97.1 Å². The Morgan fingerprint density at radius 3 is 2.00 bits per heavy atom. The quantitative estimate of drug-likeness (QED) is 0.0921. The average Bonchev–Trinajstić information content (AvgIpc) is 3.95. The highest BCUT2D eigenvalue weighted by atomic mass is 15.9. The predicted molar refractivity (Wildman–Crippen MR) is 200 cm³/mol. The van der Waals surface area contributed by atoms with Crippen LogP contribution in [-0.2, 0) is 12.5 Å². The minimum atomic E-state index is -0.511. The van der Waals surface area contributed by atoms with Gasteiger partial charge in [0.25, 0.3) is 0 Å². The lowest BCUT2D eigenvalue weighted by Crippen LogP contribution is -2.82. The molecule has 4 aromatic heterocycles. The third-order valence-electron chi connectivity index (χ3n) is 12.7. The Labute approximate surface area is 291 Å². The van der Waals surface area contributed by atoms with Gasteiger partial charge in [0.05, 0.1) is 22.5 Å². The molecule has 0 N–H and O–H groups in total. The molecule has 6 nitrogen and oxygen atoms in total. The number of nitrogens with zero attached hydrogens (tertiary/aromatic N) is 6. The molecule has 0 bridgehead atoms. The molecule has 6 aromatic carbocycles. The Balaban J connectivity index is 1.36. The number of hydrogen-bond acceptors (Lipinski definition) is 1. The first-order valence-corrected chi connectivity index (χ1v) is 17.7. The van der Waals surface area contributed by atoms with Gasteiger partial charge in [-0.05, 0) is 64.7 Å². The number of quaternary nitrogens is 1. The third kappa shape index (κ3) is 2.31. The molecule has 0 saturated carbocycles. The summed E-state index contributed by atoms with van der Waals surface area (Å²) in [5, 5.41) is 3.69. The molecule has 1 aliphatic carbocycles. The van der Waals surface area contributed by atoms with E-state index in [4.69, 9.17) is 4.98 Å². The van der Waals surface area contributed by atoms with E-state index in [1.165, 1.54) is 94.5 Å². The first-order valence-electron chi connectivity index (χ1n) is 17.7. The molecule has 4 aliphatic rings. The van der Waals surface area contributed by atoms with Crippen LogP contribution < -0.4 is 14.1 Å². The van der Waals surface area contributed by atoms with Crippen molar-refractivity contribution < 1.29 is 9.35 Å². The summed E-state index contributed by atoms with van der Waals surface area (Å²) in [5.74, 6) is 1.21. The topological polar surface area (TPSA) is 30.0 Å². The van der Waals surface area contributed by atoms with Crippen LogP contribution in [0.3, 0.4) is 0 Å². The van der Waals surface area contributed by atoms with Crippen molar-refractivity contribution in [3.63, 3.8) is 0 Å². The highest BCUT2D eigenvalue weighted by Crippen LogP contribution is 2.68. The second-order valence-electron chi connectivity index (χ2n) is 14.5. The number of aromatic nitrogens is 5. The molecule has 234 valence electrons. The molecule has 1 atom stereocenters. The van der Waals surface area contributed by atoms with Crippen LogP contribution in [0.5, 0.6) is 0 Å². The highest BCUT2D eigenvalue weighted by molar-refractivity contribution is 6.19. The summed E-state index contributed by atoms with van der Waals surface area (Å²) in [6.07, 6.45) is 1.94. The van der Waals surface area contributed by atoms with E-state index in [9.17, 15) is 0 Å². The van der Waals surface area contributed by atoms with Crippen molar-refractivity contribution >= 4 is 60.9 Å². The average molecular weight is 652 g/mol. The Morgan fingerprint density at radius 1 is 0.549 bits per heavy atom. The highest BCUT2D eigenvalue weighted by Gasteiger charge is 2.73. The molecule has 0 radical (unpaired) electrons. The van der Waals surface area contributed by atoms with Crippen molar-refractivity contribution in [2.45, 2.75) is 5.41 Å². The molecule has 0 amide bonds. The zero-order valence-electron chi connectivity index (χ0n) is 27.5. The van der Waals surface area contributed by atoms with E-state index in [0.717, 1.165) is 11.2 Å². The molecular weight excluding hydrogens is 625 g/mol. The van der Waals surface area contributed by atoms with Crippen molar-refractivity contribution in [3.8, 4) is 22.5 Å². The van der Waals surface area contributed by atoms with E-state index in [2.05, 4.69) is 165 Å². The summed E-state index contributed by atoms with van der Waals surface area (Å²) >= 11 is 0. The number of para-hydroxylation sites is 5. The number of benzene rings is 6. The molecule has 7 heterocycles. The van der Waals surface area contributed by atoms with Gasteiger partial charge in [0, 0.05) is 32.1 Å². The molecule has 6 heteroatoms. The Morgan fingerprint density at radius 2 is 1.20 bits per heavy atom. The number of imidazole rings is 2. The summed E-state index contributed by atoms with van der Waals surface area (Å²) in [6, 6.07) is 52.4. The van der Waals surface area contributed by atoms with Crippen LogP contribution >= 0.6 is 0 Å². The molecule has 0 saturated heterocycles. The summed E-state index contributed by atoms with van der Waals surface area (Å²) in [7, 11) is 2.24. The second kappa shape index (κ2) is 7.88. The Kier molecular flexibility index (Phi) is 3.92. The van der Waals surface area contributed by atoms with Gasteiger partial charge in [-0.25, -0.2) is 9.55 Å². The zero-order chi connectivity index (χ0) is 33.0. The molecule has 1 unspecified atom stereocenters. The molecule has 2 spiro atoms. The lowest BCUT2D eigenvalue weighted by Gasteiger charge is -2.40. The Hall–Kier alpha value is -6.63. The summed E-state index contributed by atoms with van der Waals surface area (Å²) in [4.78, 5) is 5.10. The lowest BCUT2D eigenvalue weighted by molar-refractivity contribution is -1.000. The zero-order valence-corrected chi connectivity index (χ0v) is 27.5. The smallest absolute Gasteiger partial charge is 0.221 e. The van der Waals surface area contributed by atoms with Crippen LogP contribution in [0, 0.1) is 0 Å². The number of hydrogen-bond donors (Lipinski definition) is 0. The van der Waals surface area contributed by atoms with E-state index >= 15 is 0 Å². The monoisotopic (exact) mass is 651 g/mol. The van der Waals surface area contributed by atoms with Crippen LogP contribution in [0.1, 0.15) is 22.3 Å². The van der Waals surface area contributed by atoms with Crippen molar-refractivity contribution in [1.29, 1.82) is 0 Å². The minimum Gasteiger partial charge on any atom is -0.221 e. The summed E-state index contributed by atoms with van der Waals surface area (Å²) in [5.41, 5.74) is 18.3. The van der Waals surface area contributed by atoms with Crippen LogP contribution in [-0.4, -0.2) is 14.0 Å². The third-order valence-corrected chi connectivity index (χ3v) is 12.7. The summed E-state index contributed by atoms with van der Waals surface area (Å²) < 4.78 is 10.5. The molecule has 0 fully saturated rings. The van der Waals surface area contributed by atoms with E-state index in [1.807, 2.05) is 6.20 Å². The van der Waals surface area contributed by atoms with Crippen LogP contribution in [0.4, 0.5) is 11.4 Å². The lowest BCUT2D eigenvalue weighted by atomic mass is 9.64. The predicted octanol–water partition coefficient (Wildman–Crippen LogP) is 8.40. The fraction of sp³-hybridized carbons (Fsp3) is 0.0444. The van der Waals surface area contributed by atoms with Gasteiger partial charge in [-0.2, -0.15) is 4.40 Å². The van der Waals surface area contributed by atoms with Gasteiger partial charge in [0.15, 0.2) is 11.0 Å². The molecule has 51 heavy (non-hydrogen) atoms. The van der Waals surface area contributed by atoms with Crippen LogP contribution in [0.2, 0.25) is 0 Å². The van der Waals surface area contributed by atoms with Crippen molar-refractivity contribution in [2.75, 3.05) is 0 Å². The maximum atomic E-state index is 5.10. The Bertz CT molecular complexity index is 3300. The van der Waals surface area contributed by atoms with Gasteiger partial charge in [0.1, 0.15) is 10.9 Å². The fourth-order valence-electron chi connectivity index (χ4n) is 11.1. The number of aryl methyl sites for hydroxylation is 1. The normalized spacial score (nSPS) is 17.7. The van der Waals surface area contributed by atoms with Crippen molar-refractivity contribution in [2.24, 2.45) is 7.05 Å². The van der Waals surface area contributed by atoms with E-state index in [-0.39, 0.29) is 0 Å². The largest absolute Gasteiger partial charge is 0.359 e. The molecule has 3 aliphatic heterocycles. The van der Waals surface area contributed by atoms with Gasteiger partial charge < -0.3 is 0 Å². The van der Waals surface area contributed by atoms with Crippen LogP contribution in [0.15, 0.2) is 146 Å². The first kappa shape index (κ1) is 25.4. The molecule has 14 rings (SSSR count). The minimum absolute atomic E-state index is 0.420. The molecular formula is C45H27N6+3. The standard InChI is InChI=1S/C45H27N6/c1-47-35-19-6-8-21-37(35)49-43(47)30-14-10-18-33-40(30)51(49)41-34(45(33)31-16-4-2-12-26(31)27-13-3-5-17-32(27)45)24-23-28-29-15-11-25-46-42(29)48-36-20-7-9-22-38(36)50(51)44(48)39(28)41/h2-25H,1H3/q+3. The van der Waals surface area contributed by atoms with E-state index in [1.54, 1.807) is 0 Å². The number of pyridine rings is 2. The van der Waals surface area contributed by atoms with Crippen LogP contribution in [0.25, 0.3) is 72.0 Å². The first-order chi connectivity index (χ1) is 25.3. The van der Waals surface area contributed by atoms with Crippen molar-refractivity contribution in [1.82, 2.24) is 18.7 Å². The molecule has 10 aromatic rings.